The standard InChI is InChI=1S/C32H40FN3O9Si/c1-31(2,3)44-29(37)35-18-27(45-46(7,8)32(4,5)6)28(43-30(38)42-22-12-10-21(11-13-22)36(39)40)25(35)16-20-9-14-23(24(33)15-20)26-17-34-19-41-26/h9-15,17,19,25,27-28H,16,18H2,1-8H3/t25-,27+,28+/m1/s1. The number of nitro benzene ring substituents is 1. The van der Waals surface area contributed by atoms with E-state index in [2.05, 4.69) is 25.8 Å². The summed E-state index contributed by atoms with van der Waals surface area (Å²) in [5.74, 6) is -0.264. The van der Waals surface area contributed by atoms with E-state index in [4.69, 9.17) is 23.1 Å². The molecule has 2 heterocycles. The summed E-state index contributed by atoms with van der Waals surface area (Å²) in [6.07, 6.45) is -0.839. The van der Waals surface area contributed by atoms with E-state index in [1.807, 2.05) is 13.1 Å². The number of likely N-dealkylation sites (tertiary alicyclic amines) is 1. The van der Waals surface area contributed by atoms with Crippen LogP contribution in [-0.4, -0.2) is 65.8 Å². The molecule has 1 aliphatic heterocycles. The van der Waals surface area contributed by atoms with Crippen LogP contribution in [0.1, 0.15) is 47.1 Å². The van der Waals surface area contributed by atoms with Crippen molar-refractivity contribution in [3.63, 3.8) is 0 Å². The van der Waals surface area contributed by atoms with E-state index in [1.54, 1.807) is 32.9 Å². The lowest BCUT2D eigenvalue weighted by Gasteiger charge is -2.39. The molecule has 4 rings (SSSR count). The Morgan fingerprint density at radius 2 is 1.78 bits per heavy atom. The predicted molar refractivity (Wildman–Crippen MR) is 168 cm³/mol. The van der Waals surface area contributed by atoms with Gasteiger partial charge in [0.2, 0.25) is 0 Å². The van der Waals surface area contributed by atoms with Gasteiger partial charge >= 0.3 is 12.2 Å². The molecule has 3 atom stereocenters. The second-order valence-corrected chi connectivity index (χ2v) is 18.4. The lowest BCUT2D eigenvalue weighted by atomic mass is 9.99. The van der Waals surface area contributed by atoms with E-state index in [0.29, 0.717) is 5.56 Å². The Morgan fingerprint density at radius 3 is 2.33 bits per heavy atom. The maximum Gasteiger partial charge on any atom is 0.514 e. The number of carbonyl (C=O) groups excluding carboxylic acids is 2. The van der Waals surface area contributed by atoms with Crippen LogP contribution in [0.25, 0.3) is 11.3 Å². The quantitative estimate of drug-likeness (QED) is 0.0784. The summed E-state index contributed by atoms with van der Waals surface area (Å²) in [4.78, 5) is 42.6. The van der Waals surface area contributed by atoms with E-state index in [-0.39, 0.29) is 40.8 Å². The Kier molecular flexibility index (Phi) is 9.92. The van der Waals surface area contributed by atoms with Crippen molar-refractivity contribution in [3.05, 3.63) is 76.6 Å². The number of ether oxygens (including phenoxy) is 3. The lowest BCUT2D eigenvalue weighted by molar-refractivity contribution is -0.384. The number of aromatic nitrogens is 1. The number of hydrogen-bond donors (Lipinski definition) is 0. The zero-order chi connectivity index (χ0) is 34.0. The normalized spacial score (nSPS) is 18.7. The third kappa shape index (κ3) is 8.29. The average Bonchev–Trinajstić information content (AvgIpc) is 3.57. The fourth-order valence-corrected chi connectivity index (χ4v) is 6.09. The van der Waals surface area contributed by atoms with E-state index in [0.717, 1.165) is 0 Å². The molecule has 0 N–H and O–H groups in total. The minimum absolute atomic E-state index is 0.0288. The highest BCUT2D eigenvalue weighted by Gasteiger charge is 2.52. The second-order valence-electron chi connectivity index (χ2n) is 13.7. The van der Waals surface area contributed by atoms with E-state index in [9.17, 15) is 19.7 Å². The van der Waals surface area contributed by atoms with Crippen LogP contribution in [0.2, 0.25) is 18.1 Å². The van der Waals surface area contributed by atoms with Gasteiger partial charge in [-0.25, -0.2) is 19.0 Å². The molecule has 14 heteroatoms. The van der Waals surface area contributed by atoms with Gasteiger partial charge in [-0.1, -0.05) is 26.8 Å². The zero-order valence-electron chi connectivity index (χ0n) is 27.2. The number of hydrogen-bond acceptors (Lipinski definition) is 10. The first-order valence-electron chi connectivity index (χ1n) is 14.8. The molecule has 0 saturated carbocycles. The molecule has 2 aromatic carbocycles. The Balaban J connectivity index is 1.69. The molecule has 0 bridgehead atoms. The molecule has 3 aromatic rings. The highest BCUT2D eigenvalue weighted by molar-refractivity contribution is 6.74. The van der Waals surface area contributed by atoms with Crippen molar-refractivity contribution in [1.29, 1.82) is 0 Å². The summed E-state index contributed by atoms with van der Waals surface area (Å²) in [6.45, 7) is 15.6. The second kappa shape index (κ2) is 13.2. The molecule has 12 nitrogen and oxygen atoms in total. The molecule has 1 amide bonds. The molecule has 248 valence electrons. The Labute approximate surface area is 268 Å². The van der Waals surface area contributed by atoms with Gasteiger partial charge in [0.1, 0.15) is 23.3 Å². The van der Waals surface area contributed by atoms with Gasteiger partial charge < -0.3 is 23.1 Å². The summed E-state index contributed by atoms with van der Waals surface area (Å²) >= 11 is 0. The van der Waals surface area contributed by atoms with Crippen molar-refractivity contribution in [3.8, 4) is 17.1 Å². The number of non-ortho nitro benzene ring substituents is 1. The number of carbonyl (C=O) groups is 2. The summed E-state index contributed by atoms with van der Waals surface area (Å²) in [7, 11) is -2.49. The Bertz CT molecular complexity index is 1550. The SMILES string of the molecule is CC(C)(C)OC(=O)N1C[C@H](O[Si](C)(C)C(C)(C)C)[C@@H](OC(=O)Oc2ccc([N+](=O)[O-])cc2)[C@H]1Cc1ccc(-c2cnco2)c(F)c1. The van der Waals surface area contributed by atoms with Crippen molar-refractivity contribution in [2.45, 2.75) is 89.9 Å². The molecule has 1 aliphatic rings. The van der Waals surface area contributed by atoms with Crippen LogP contribution in [-0.2, 0) is 20.3 Å². The number of amides is 1. The van der Waals surface area contributed by atoms with Crippen LogP contribution in [0, 0.1) is 15.9 Å². The first kappa shape index (κ1) is 34.6. The molecule has 0 aliphatic carbocycles. The fraction of sp³-hybridized carbons (Fsp3) is 0.469. The van der Waals surface area contributed by atoms with E-state index in [1.165, 1.54) is 47.8 Å². The number of nitro groups is 1. The highest BCUT2D eigenvalue weighted by Crippen LogP contribution is 2.40. The van der Waals surface area contributed by atoms with Crippen LogP contribution in [0.3, 0.4) is 0 Å². The lowest BCUT2D eigenvalue weighted by Crippen LogP contribution is -2.49. The van der Waals surface area contributed by atoms with Gasteiger partial charge in [-0.3, -0.25) is 15.0 Å². The van der Waals surface area contributed by atoms with E-state index < -0.39 is 55.2 Å². The third-order valence-electron chi connectivity index (χ3n) is 8.06. The van der Waals surface area contributed by atoms with Crippen molar-refractivity contribution < 1.29 is 42.0 Å². The first-order chi connectivity index (χ1) is 21.3. The van der Waals surface area contributed by atoms with Crippen molar-refractivity contribution in [1.82, 2.24) is 9.88 Å². The van der Waals surface area contributed by atoms with Crippen LogP contribution in [0.5, 0.6) is 5.75 Å². The number of oxazole rings is 1. The number of rotatable bonds is 8. The molecule has 1 saturated heterocycles. The number of halogens is 1. The van der Waals surface area contributed by atoms with Crippen LogP contribution < -0.4 is 4.74 Å². The Morgan fingerprint density at radius 1 is 1.11 bits per heavy atom. The molecule has 0 spiro atoms. The third-order valence-corrected chi connectivity index (χ3v) is 12.6. The molecule has 0 radical (unpaired) electrons. The summed E-state index contributed by atoms with van der Waals surface area (Å²) < 4.78 is 44.2. The topological polar surface area (TPSA) is 143 Å². The Hall–Kier alpha value is -4.30. The molecule has 46 heavy (non-hydrogen) atoms. The molecular weight excluding hydrogens is 617 g/mol. The minimum Gasteiger partial charge on any atom is -0.444 e. The van der Waals surface area contributed by atoms with Gasteiger partial charge in [-0.15, -0.1) is 0 Å². The summed E-state index contributed by atoms with van der Waals surface area (Å²) in [5, 5.41) is 10.8. The van der Waals surface area contributed by atoms with Gasteiger partial charge in [-0.2, -0.15) is 0 Å². The van der Waals surface area contributed by atoms with E-state index >= 15 is 4.39 Å². The monoisotopic (exact) mass is 657 g/mol. The molecule has 1 fully saturated rings. The summed E-state index contributed by atoms with van der Waals surface area (Å²) in [6, 6.07) is 8.71. The largest absolute Gasteiger partial charge is 0.514 e. The van der Waals surface area contributed by atoms with Gasteiger partial charge in [0, 0.05) is 12.1 Å². The van der Waals surface area contributed by atoms with Crippen LogP contribution in [0.4, 0.5) is 19.7 Å². The smallest absolute Gasteiger partial charge is 0.444 e. The number of nitrogens with zero attached hydrogens (tertiary/aromatic N) is 3. The number of benzene rings is 2. The highest BCUT2D eigenvalue weighted by atomic mass is 28.4. The summed E-state index contributed by atoms with van der Waals surface area (Å²) in [5.41, 5.74) is -0.260. The first-order valence-corrected chi connectivity index (χ1v) is 17.7. The van der Waals surface area contributed by atoms with Gasteiger partial charge in [0.15, 0.2) is 26.6 Å². The van der Waals surface area contributed by atoms with Crippen LogP contribution >= 0.6 is 0 Å². The average molecular weight is 658 g/mol. The van der Waals surface area contributed by atoms with Crippen LogP contribution in [0.15, 0.2) is 59.5 Å². The van der Waals surface area contributed by atoms with Crippen molar-refractivity contribution in [2.24, 2.45) is 0 Å². The fourth-order valence-electron chi connectivity index (χ4n) is 4.77. The predicted octanol–water partition coefficient (Wildman–Crippen LogP) is 7.53. The van der Waals surface area contributed by atoms with Gasteiger partial charge in [0.25, 0.3) is 5.69 Å². The maximum absolute atomic E-state index is 15.3. The molecular formula is C32H40FN3O9Si. The van der Waals surface area contributed by atoms with Crippen molar-refractivity contribution >= 4 is 26.3 Å². The minimum atomic E-state index is -2.49. The van der Waals surface area contributed by atoms with Gasteiger partial charge in [-0.05, 0) is 75.2 Å². The van der Waals surface area contributed by atoms with Crippen molar-refractivity contribution in [2.75, 3.05) is 6.54 Å². The van der Waals surface area contributed by atoms with Gasteiger partial charge in [0.05, 0.1) is 29.3 Å². The maximum atomic E-state index is 15.3. The zero-order valence-corrected chi connectivity index (χ0v) is 28.2. The molecule has 1 aromatic heterocycles. The molecule has 0 unspecified atom stereocenters.